The van der Waals surface area contributed by atoms with Gasteiger partial charge in [0.25, 0.3) is 0 Å². The number of rotatable bonds is 5. The molecule has 1 aliphatic heterocycles. The van der Waals surface area contributed by atoms with Gasteiger partial charge in [0.2, 0.25) is 0 Å². The molecule has 0 amide bonds. The third-order valence-electron chi connectivity index (χ3n) is 4.53. The first kappa shape index (κ1) is 15.9. The Hall–Kier alpha value is -1.95. The highest BCUT2D eigenvalue weighted by Gasteiger charge is 2.17. The zero-order valence-electron chi connectivity index (χ0n) is 14.3. The number of anilines is 1. The Morgan fingerprint density at radius 3 is 2.78 bits per heavy atom. The minimum Gasteiger partial charge on any atom is -0.370 e. The molecule has 23 heavy (non-hydrogen) atoms. The maximum atomic E-state index is 4.57. The van der Waals surface area contributed by atoms with E-state index in [2.05, 4.69) is 39.3 Å². The average Bonchev–Trinajstić information content (AvgIpc) is 3.02. The molecule has 0 aliphatic carbocycles. The minimum atomic E-state index is 0.728. The van der Waals surface area contributed by atoms with Crippen LogP contribution in [0.4, 0.5) is 5.82 Å². The topological polar surface area (TPSA) is 58.9 Å². The second-order valence-corrected chi connectivity index (χ2v) is 6.35. The number of hydrogen-bond acceptors (Lipinski definition) is 5. The van der Waals surface area contributed by atoms with Crippen LogP contribution in [0.1, 0.15) is 25.6 Å². The fourth-order valence-corrected chi connectivity index (χ4v) is 3.11. The van der Waals surface area contributed by atoms with Crippen molar-refractivity contribution in [2.24, 2.45) is 5.92 Å². The zero-order valence-corrected chi connectivity index (χ0v) is 14.3. The van der Waals surface area contributed by atoms with E-state index in [0.29, 0.717) is 0 Å². The number of nitrogens with one attached hydrogen (secondary N) is 1. The second kappa shape index (κ2) is 7.08. The SMILES string of the molecule is CCn1nccc1-c1cc(NCC2CCN(C)CC2)nc(C)n1. The Balaban J connectivity index is 1.71. The van der Waals surface area contributed by atoms with Crippen molar-refractivity contribution in [2.45, 2.75) is 33.2 Å². The number of nitrogens with zero attached hydrogens (tertiary/aromatic N) is 5. The standard InChI is InChI=1S/C17H26N6/c1-4-23-16(5-8-19-23)15-11-17(21-13(2)20-15)18-12-14-6-9-22(3)10-7-14/h5,8,11,14H,4,6-7,9-10,12H2,1-3H3,(H,18,20,21). The molecule has 0 unspecified atom stereocenters. The first-order valence-corrected chi connectivity index (χ1v) is 8.46. The summed E-state index contributed by atoms with van der Waals surface area (Å²) in [5.41, 5.74) is 1.98. The van der Waals surface area contributed by atoms with E-state index >= 15 is 0 Å². The Kier molecular flexibility index (Phi) is 4.91. The fraction of sp³-hybridized carbons (Fsp3) is 0.588. The van der Waals surface area contributed by atoms with Crippen molar-refractivity contribution in [3.05, 3.63) is 24.2 Å². The van der Waals surface area contributed by atoms with E-state index in [4.69, 9.17) is 0 Å². The van der Waals surface area contributed by atoms with Crippen molar-refractivity contribution < 1.29 is 0 Å². The van der Waals surface area contributed by atoms with Crippen LogP contribution in [0.2, 0.25) is 0 Å². The molecule has 124 valence electrons. The van der Waals surface area contributed by atoms with Gasteiger partial charge in [-0.1, -0.05) is 0 Å². The van der Waals surface area contributed by atoms with E-state index in [1.807, 2.05) is 29.9 Å². The maximum absolute atomic E-state index is 4.57. The Morgan fingerprint density at radius 2 is 2.04 bits per heavy atom. The molecule has 0 aromatic carbocycles. The minimum absolute atomic E-state index is 0.728. The highest BCUT2D eigenvalue weighted by atomic mass is 15.3. The quantitative estimate of drug-likeness (QED) is 0.918. The van der Waals surface area contributed by atoms with E-state index in [1.54, 1.807) is 0 Å². The summed E-state index contributed by atoms with van der Waals surface area (Å²) in [6, 6.07) is 4.04. The summed E-state index contributed by atoms with van der Waals surface area (Å²) in [7, 11) is 2.20. The van der Waals surface area contributed by atoms with Crippen molar-refractivity contribution in [2.75, 3.05) is 32.0 Å². The maximum Gasteiger partial charge on any atom is 0.130 e. The predicted octanol–water partition coefficient (Wildman–Crippen LogP) is 2.42. The molecule has 6 heteroatoms. The van der Waals surface area contributed by atoms with Crippen LogP contribution in [-0.2, 0) is 6.54 Å². The van der Waals surface area contributed by atoms with Gasteiger partial charge < -0.3 is 10.2 Å². The van der Waals surface area contributed by atoms with Crippen molar-refractivity contribution in [3.8, 4) is 11.4 Å². The molecule has 1 N–H and O–H groups in total. The number of hydrogen-bond donors (Lipinski definition) is 1. The van der Waals surface area contributed by atoms with Gasteiger partial charge in [0.1, 0.15) is 11.6 Å². The fourth-order valence-electron chi connectivity index (χ4n) is 3.11. The summed E-state index contributed by atoms with van der Waals surface area (Å²) in [4.78, 5) is 11.5. The lowest BCUT2D eigenvalue weighted by Crippen LogP contribution is -2.33. The summed E-state index contributed by atoms with van der Waals surface area (Å²) in [6.45, 7) is 8.23. The summed E-state index contributed by atoms with van der Waals surface area (Å²) in [6.07, 6.45) is 4.33. The van der Waals surface area contributed by atoms with Gasteiger partial charge in [-0.25, -0.2) is 9.97 Å². The third-order valence-corrected chi connectivity index (χ3v) is 4.53. The molecule has 2 aromatic heterocycles. The summed E-state index contributed by atoms with van der Waals surface area (Å²) >= 11 is 0. The molecule has 1 saturated heterocycles. The van der Waals surface area contributed by atoms with Gasteiger partial charge in [0, 0.05) is 25.4 Å². The van der Waals surface area contributed by atoms with E-state index in [0.717, 1.165) is 42.0 Å². The van der Waals surface area contributed by atoms with Crippen LogP contribution in [0, 0.1) is 12.8 Å². The molecule has 0 spiro atoms. The molecule has 1 aliphatic rings. The first-order valence-electron chi connectivity index (χ1n) is 8.46. The Bertz CT molecular complexity index is 642. The Labute approximate surface area is 137 Å². The summed E-state index contributed by atoms with van der Waals surface area (Å²) in [5, 5.41) is 7.84. The van der Waals surface area contributed by atoms with Gasteiger partial charge in [-0.3, -0.25) is 4.68 Å². The van der Waals surface area contributed by atoms with Crippen LogP contribution in [0.25, 0.3) is 11.4 Å². The summed E-state index contributed by atoms with van der Waals surface area (Å²) < 4.78 is 1.96. The van der Waals surface area contributed by atoms with E-state index < -0.39 is 0 Å². The lowest BCUT2D eigenvalue weighted by Gasteiger charge is -2.29. The molecule has 0 saturated carbocycles. The van der Waals surface area contributed by atoms with Crippen LogP contribution < -0.4 is 5.32 Å². The van der Waals surface area contributed by atoms with Crippen molar-refractivity contribution in [3.63, 3.8) is 0 Å². The van der Waals surface area contributed by atoms with Gasteiger partial charge in [-0.05, 0) is 58.8 Å². The monoisotopic (exact) mass is 314 g/mol. The number of piperidine rings is 1. The Morgan fingerprint density at radius 1 is 1.26 bits per heavy atom. The molecule has 0 bridgehead atoms. The van der Waals surface area contributed by atoms with E-state index in [9.17, 15) is 0 Å². The van der Waals surface area contributed by atoms with Gasteiger partial charge >= 0.3 is 0 Å². The van der Waals surface area contributed by atoms with Crippen molar-refractivity contribution in [1.82, 2.24) is 24.6 Å². The number of aryl methyl sites for hydroxylation is 2. The number of likely N-dealkylation sites (tertiary alicyclic amines) is 1. The third kappa shape index (κ3) is 3.88. The molecule has 6 nitrogen and oxygen atoms in total. The zero-order chi connectivity index (χ0) is 16.2. The van der Waals surface area contributed by atoms with Crippen LogP contribution >= 0.6 is 0 Å². The normalized spacial score (nSPS) is 16.7. The average molecular weight is 314 g/mol. The van der Waals surface area contributed by atoms with Crippen LogP contribution in [0.15, 0.2) is 18.3 Å². The van der Waals surface area contributed by atoms with Crippen molar-refractivity contribution >= 4 is 5.82 Å². The molecule has 1 fully saturated rings. The van der Waals surface area contributed by atoms with Crippen LogP contribution in [-0.4, -0.2) is 51.3 Å². The van der Waals surface area contributed by atoms with Crippen LogP contribution in [0.3, 0.4) is 0 Å². The van der Waals surface area contributed by atoms with Crippen LogP contribution in [0.5, 0.6) is 0 Å². The number of aromatic nitrogens is 4. The van der Waals surface area contributed by atoms with Gasteiger partial charge in [0.05, 0.1) is 11.4 Å². The smallest absolute Gasteiger partial charge is 0.130 e. The molecular weight excluding hydrogens is 288 g/mol. The first-order chi connectivity index (χ1) is 11.2. The van der Waals surface area contributed by atoms with Gasteiger partial charge in [0.15, 0.2) is 0 Å². The highest BCUT2D eigenvalue weighted by Crippen LogP contribution is 2.21. The van der Waals surface area contributed by atoms with E-state index in [-0.39, 0.29) is 0 Å². The molecule has 3 heterocycles. The second-order valence-electron chi connectivity index (χ2n) is 6.35. The van der Waals surface area contributed by atoms with Gasteiger partial charge in [-0.15, -0.1) is 0 Å². The highest BCUT2D eigenvalue weighted by molar-refractivity contribution is 5.58. The molecule has 3 rings (SSSR count). The lowest BCUT2D eigenvalue weighted by atomic mass is 9.97. The largest absolute Gasteiger partial charge is 0.370 e. The van der Waals surface area contributed by atoms with E-state index in [1.165, 1.54) is 25.9 Å². The molecule has 2 aromatic rings. The molecular formula is C17H26N6. The summed E-state index contributed by atoms with van der Waals surface area (Å²) in [5.74, 6) is 2.43. The predicted molar refractivity (Wildman–Crippen MR) is 92.4 cm³/mol. The van der Waals surface area contributed by atoms with Gasteiger partial charge in [-0.2, -0.15) is 5.10 Å². The molecule has 0 atom stereocenters. The van der Waals surface area contributed by atoms with Crippen molar-refractivity contribution in [1.29, 1.82) is 0 Å². The molecule has 0 radical (unpaired) electrons. The lowest BCUT2D eigenvalue weighted by molar-refractivity contribution is 0.226.